The quantitative estimate of drug-likeness (QED) is 0.183. The Hall–Kier alpha value is -1.54. The number of aliphatic hydroxyl groups is 4. The molecule has 2 aliphatic rings. The first-order chi connectivity index (χ1) is 22.2. The number of nitrogens with zero attached hydrogens (tertiary/aromatic N) is 1. The van der Waals surface area contributed by atoms with Gasteiger partial charge in [0.15, 0.2) is 0 Å². The van der Waals surface area contributed by atoms with Gasteiger partial charge in [0, 0.05) is 38.8 Å². The summed E-state index contributed by atoms with van der Waals surface area (Å²) >= 11 is 0. The lowest BCUT2D eigenvalue weighted by Crippen LogP contribution is -2.56. The van der Waals surface area contributed by atoms with E-state index in [0.29, 0.717) is 13.0 Å². The van der Waals surface area contributed by atoms with Gasteiger partial charge in [-0.3, -0.25) is 9.79 Å². The van der Waals surface area contributed by atoms with Crippen molar-refractivity contribution in [1.29, 1.82) is 0 Å². The Balaban J connectivity index is -0.000000871. The third kappa shape index (κ3) is 15.6. The molecule has 0 saturated carbocycles. The molecule has 286 valence electrons. The first kappa shape index (κ1) is 50.8. The first-order valence-electron chi connectivity index (χ1n) is 18.1. The average Bonchev–Trinajstić information content (AvgIpc) is 3.06. The Morgan fingerprint density at radius 2 is 1.40 bits per heavy atom. The Labute approximate surface area is 295 Å². The first-order valence-corrected chi connectivity index (χ1v) is 18.1. The van der Waals surface area contributed by atoms with Crippen LogP contribution in [0.2, 0.25) is 0 Å². The smallest absolute Gasteiger partial charge is 0.311 e. The van der Waals surface area contributed by atoms with Gasteiger partial charge < -0.3 is 34.6 Å². The number of methoxy groups -OCH3 is 1. The van der Waals surface area contributed by atoms with Gasteiger partial charge in [0.05, 0.1) is 29.8 Å². The molecular formula is C39H77NO8. The zero-order valence-electron chi connectivity index (χ0n) is 34.1. The Kier molecular flexibility index (Phi) is 26.0. The third-order valence-electron chi connectivity index (χ3n) is 9.55. The number of ether oxygens (including phenoxy) is 3. The van der Waals surface area contributed by atoms with Gasteiger partial charge in [-0.25, -0.2) is 0 Å². The van der Waals surface area contributed by atoms with Gasteiger partial charge in [0.25, 0.3) is 0 Å². The molecule has 2 saturated heterocycles. The summed E-state index contributed by atoms with van der Waals surface area (Å²) in [5.41, 5.74) is -1.32. The molecule has 0 aromatic heterocycles. The molecule has 0 aliphatic carbocycles. The Morgan fingerprint density at radius 1 is 0.896 bits per heavy atom. The van der Waals surface area contributed by atoms with E-state index in [2.05, 4.69) is 37.6 Å². The van der Waals surface area contributed by atoms with Crippen LogP contribution in [0.3, 0.4) is 0 Å². The van der Waals surface area contributed by atoms with Gasteiger partial charge in [-0.1, -0.05) is 69.2 Å². The van der Waals surface area contributed by atoms with Crippen LogP contribution >= 0.6 is 0 Å². The van der Waals surface area contributed by atoms with Crippen molar-refractivity contribution in [2.75, 3.05) is 20.8 Å². The van der Waals surface area contributed by atoms with Gasteiger partial charge in [-0.15, -0.1) is 11.8 Å². The van der Waals surface area contributed by atoms with Gasteiger partial charge >= 0.3 is 5.97 Å². The van der Waals surface area contributed by atoms with Crippen LogP contribution in [-0.2, 0) is 19.0 Å². The van der Waals surface area contributed by atoms with E-state index >= 15 is 0 Å². The highest BCUT2D eigenvalue weighted by atomic mass is 16.6. The highest BCUT2D eigenvalue weighted by Gasteiger charge is 2.46. The average molecular weight is 688 g/mol. The zero-order valence-corrected chi connectivity index (χ0v) is 34.1. The predicted octanol–water partition coefficient (Wildman–Crippen LogP) is 6.86. The van der Waals surface area contributed by atoms with Gasteiger partial charge in [-0.05, 0) is 78.1 Å². The molecule has 0 bridgehead atoms. The van der Waals surface area contributed by atoms with Gasteiger partial charge in [0.2, 0.25) is 0 Å². The van der Waals surface area contributed by atoms with E-state index in [4.69, 9.17) is 14.2 Å². The van der Waals surface area contributed by atoms with Crippen LogP contribution in [0.1, 0.15) is 136 Å². The molecule has 9 heteroatoms. The van der Waals surface area contributed by atoms with E-state index in [1.165, 1.54) is 6.92 Å². The van der Waals surface area contributed by atoms with Gasteiger partial charge in [-0.2, -0.15) is 0 Å². The molecule has 2 rings (SSSR count). The van der Waals surface area contributed by atoms with Crippen LogP contribution in [0.5, 0.6) is 0 Å². The van der Waals surface area contributed by atoms with Crippen molar-refractivity contribution in [2.24, 2.45) is 34.1 Å². The fourth-order valence-corrected chi connectivity index (χ4v) is 6.64. The third-order valence-corrected chi connectivity index (χ3v) is 9.55. The van der Waals surface area contributed by atoms with Crippen LogP contribution in [0.15, 0.2) is 4.99 Å². The van der Waals surface area contributed by atoms with Crippen LogP contribution in [0, 0.1) is 40.9 Å². The van der Waals surface area contributed by atoms with E-state index in [-0.39, 0.29) is 23.4 Å². The Bertz CT molecular complexity index is 949. The van der Waals surface area contributed by atoms with E-state index < -0.39 is 53.4 Å². The second-order valence-corrected chi connectivity index (χ2v) is 14.0. The molecule has 0 spiro atoms. The molecule has 0 amide bonds. The normalized spacial score (nSPS) is 37.8. The second-order valence-electron chi connectivity index (χ2n) is 14.0. The molecular weight excluding hydrogens is 610 g/mol. The molecule has 9 nitrogen and oxygen atoms in total. The summed E-state index contributed by atoms with van der Waals surface area (Å²) in [7, 11) is 3.34. The number of hydrogen-bond donors (Lipinski definition) is 4. The van der Waals surface area contributed by atoms with Crippen molar-refractivity contribution in [2.45, 2.75) is 178 Å². The van der Waals surface area contributed by atoms with Crippen LogP contribution in [-0.4, -0.2) is 94.6 Å². The lowest BCUT2D eigenvalue weighted by molar-refractivity contribution is -0.189. The summed E-state index contributed by atoms with van der Waals surface area (Å²) < 4.78 is 16.1. The lowest BCUT2D eigenvalue weighted by atomic mass is 9.71. The fourth-order valence-electron chi connectivity index (χ4n) is 6.64. The van der Waals surface area contributed by atoms with E-state index in [0.717, 1.165) is 25.0 Å². The van der Waals surface area contributed by atoms with Crippen LogP contribution < -0.4 is 0 Å². The molecule has 2 heterocycles. The SMILES string of the molecule is CC.CC.CC#CC.CC[C@H]1OC(=O)[C@H](C)[C@@H](O)[C@H](C)CC(C)(C)C[C@@H](C)C(=NC)[C@H](C)[C@@H](O)[C@]1(C)O.CO[C@]1(C)CCOC(C)[C@@H]1O. The van der Waals surface area contributed by atoms with E-state index in [1.54, 1.807) is 28.0 Å². The maximum atomic E-state index is 12.7. The van der Waals surface area contributed by atoms with Crippen molar-refractivity contribution >= 4 is 11.7 Å². The number of aliphatic hydroxyl groups excluding tert-OH is 3. The minimum absolute atomic E-state index is 0.0895. The van der Waals surface area contributed by atoms with E-state index in [9.17, 15) is 25.2 Å². The highest BCUT2D eigenvalue weighted by molar-refractivity contribution is 5.89. The predicted molar refractivity (Wildman–Crippen MR) is 199 cm³/mol. The molecule has 11 atom stereocenters. The Morgan fingerprint density at radius 3 is 1.79 bits per heavy atom. The molecule has 0 radical (unpaired) electrons. The molecule has 0 aromatic rings. The number of esters is 1. The largest absolute Gasteiger partial charge is 0.459 e. The summed E-state index contributed by atoms with van der Waals surface area (Å²) in [5.74, 6) is 3.71. The summed E-state index contributed by atoms with van der Waals surface area (Å²) in [5, 5.41) is 42.6. The molecule has 1 unspecified atom stereocenters. The standard InChI is InChI=1S/C23H43NO5.C8H16O3.C4H6.2C2H6/c1-10-17-23(8,28)20(26)15(4)18(24-9)13(2)11-22(6,7)12-14(3)19(25)16(5)21(27)29-17;1-6-7(9)8(2,10-3)4-5-11-6;1-3-4-2;2*1-2/h13-17,19-20,25-26,28H,10-12H2,1-9H3;6-7,9H,4-5H2,1-3H3;1-2H3;2*1-2H3/t13-,14-,15+,16-,17-,19+,20-,23-;6?,7-,8+;;;/m10.../s1. The maximum Gasteiger partial charge on any atom is 0.311 e. The zero-order chi connectivity index (χ0) is 38.6. The fraction of sp³-hybridized carbons (Fsp3) is 0.897. The second kappa shape index (κ2) is 24.6. The topological polar surface area (TPSA) is 138 Å². The minimum Gasteiger partial charge on any atom is -0.459 e. The lowest BCUT2D eigenvalue weighted by Gasteiger charge is -2.41. The summed E-state index contributed by atoms with van der Waals surface area (Å²) in [6.07, 6.45) is -0.820. The maximum absolute atomic E-state index is 12.7. The van der Waals surface area contributed by atoms with Crippen molar-refractivity contribution in [1.82, 2.24) is 0 Å². The minimum atomic E-state index is -1.64. The summed E-state index contributed by atoms with van der Waals surface area (Å²) in [6.45, 7) is 31.3. The highest BCUT2D eigenvalue weighted by Crippen LogP contribution is 2.38. The number of hydrogen-bond acceptors (Lipinski definition) is 9. The molecule has 48 heavy (non-hydrogen) atoms. The summed E-state index contributed by atoms with van der Waals surface area (Å²) in [4.78, 5) is 17.2. The molecule has 2 aliphatic heterocycles. The number of aliphatic imine (C=N–C) groups is 1. The van der Waals surface area contributed by atoms with Crippen LogP contribution in [0.25, 0.3) is 0 Å². The van der Waals surface area contributed by atoms with Gasteiger partial charge in [0.1, 0.15) is 17.8 Å². The molecule has 4 N–H and O–H groups in total. The number of carbonyl (C=O) groups excluding carboxylic acids is 1. The molecule has 2 fully saturated rings. The molecule has 0 aromatic carbocycles. The van der Waals surface area contributed by atoms with Crippen molar-refractivity contribution in [3.8, 4) is 11.8 Å². The number of cyclic esters (lactones) is 1. The summed E-state index contributed by atoms with van der Waals surface area (Å²) in [6, 6.07) is 0. The number of rotatable bonds is 2. The van der Waals surface area contributed by atoms with E-state index in [1.807, 2.05) is 69.2 Å². The van der Waals surface area contributed by atoms with Crippen molar-refractivity contribution in [3.05, 3.63) is 0 Å². The number of carbonyl (C=O) groups is 1. The monoisotopic (exact) mass is 688 g/mol. The van der Waals surface area contributed by atoms with Crippen molar-refractivity contribution in [3.63, 3.8) is 0 Å². The van der Waals surface area contributed by atoms with Crippen molar-refractivity contribution < 1.29 is 39.4 Å². The van der Waals surface area contributed by atoms with Crippen LogP contribution in [0.4, 0.5) is 0 Å².